The van der Waals surface area contributed by atoms with E-state index in [1.807, 2.05) is 42.8 Å². The van der Waals surface area contributed by atoms with Crippen LogP contribution in [0.4, 0.5) is 0 Å². The number of aromatic amines is 1. The predicted molar refractivity (Wildman–Crippen MR) is 88.1 cm³/mol. The van der Waals surface area contributed by atoms with Crippen molar-refractivity contribution >= 4 is 5.91 Å². The first-order valence-electron chi connectivity index (χ1n) is 7.53. The fourth-order valence-corrected chi connectivity index (χ4v) is 2.57. The van der Waals surface area contributed by atoms with Gasteiger partial charge in [-0.2, -0.15) is 5.10 Å². The largest absolute Gasteiger partial charge is 0.350 e. The molecule has 0 unspecified atom stereocenters. The van der Waals surface area contributed by atoms with Crippen LogP contribution in [0.25, 0.3) is 11.4 Å². The molecule has 0 saturated carbocycles. The van der Waals surface area contributed by atoms with E-state index in [0.717, 1.165) is 17.0 Å². The molecule has 0 atom stereocenters. The fourth-order valence-electron chi connectivity index (χ4n) is 2.57. The second kappa shape index (κ2) is 6.48. The van der Waals surface area contributed by atoms with Crippen molar-refractivity contribution in [1.82, 2.24) is 25.1 Å². The Morgan fingerprint density at radius 2 is 2.13 bits per heavy atom. The third-order valence-corrected chi connectivity index (χ3v) is 3.64. The van der Waals surface area contributed by atoms with Gasteiger partial charge in [0.2, 0.25) is 0 Å². The van der Waals surface area contributed by atoms with Gasteiger partial charge < -0.3 is 10.3 Å². The summed E-state index contributed by atoms with van der Waals surface area (Å²) in [6.07, 6.45) is 3.42. The third-order valence-electron chi connectivity index (χ3n) is 3.64. The molecule has 2 heterocycles. The Labute approximate surface area is 134 Å². The van der Waals surface area contributed by atoms with Gasteiger partial charge in [0.25, 0.3) is 5.91 Å². The molecule has 2 aromatic heterocycles. The first-order chi connectivity index (χ1) is 11.1. The number of carbonyl (C=O) groups is 1. The van der Waals surface area contributed by atoms with Crippen molar-refractivity contribution in [3.05, 3.63) is 59.7 Å². The molecule has 118 valence electrons. The van der Waals surface area contributed by atoms with Crippen LogP contribution in [-0.2, 0) is 6.54 Å². The topological polar surface area (TPSA) is 75.6 Å². The molecule has 2 N–H and O–H groups in total. The van der Waals surface area contributed by atoms with Crippen LogP contribution in [0.2, 0.25) is 0 Å². The van der Waals surface area contributed by atoms with Crippen molar-refractivity contribution < 1.29 is 4.79 Å². The van der Waals surface area contributed by atoms with Crippen molar-refractivity contribution in [1.29, 1.82) is 0 Å². The number of hydrogen-bond donors (Lipinski definition) is 2. The Morgan fingerprint density at radius 1 is 1.30 bits per heavy atom. The van der Waals surface area contributed by atoms with Crippen molar-refractivity contribution in [2.24, 2.45) is 0 Å². The van der Waals surface area contributed by atoms with Gasteiger partial charge in [0.05, 0.1) is 17.8 Å². The number of aryl methyl sites for hydroxylation is 2. The summed E-state index contributed by atoms with van der Waals surface area (Å²) in [5, 5.41) is 7.33. The lowest BCUT2D eigenvalue weighted by Gasteiger charge is -2.09. The maximum atomic E-state index is 12.5. The number of aromatic nitrogens is 4. The van der Waals surface area contributed by atoms with Gasteiger partial charge in [0.15, 0.2) is 0 Å². The molecular weight excluding hydrogens is 290 g/mol. The molecule has 0 fully saturated rings. The molecule has 0 spiro atoms. The van der Waals surface area contributed by atoms with E-state index in [0.29, 0.717) is 24.5 Å². The number of benzene rings is 1. The van der Waals surface area contributed by atoms with E-state index < -0.39 is 0 Å². The number of hydrogen-bond acceptors (Lipinski definition) is 3. The highest BCUT2D eigenvalue weighted by Crippen LogP contribution is 2.19. The molecule has 1 amide bonds. The number of carbonyl (C=O) groups excluding carboxylic acids is 1. The minimum absolute atomic E-state index is 0.112. The Kier molecular flexibility index (Phi) is 4.23. The Morgan fingerprint density at radius 3 is 2.83 bits per heavy atom. The van der Waals surface area contributed by atoms with Crippen LogP contribution in [0.15, 0.2) is 42.7 Å². The number of nitrogens with zero attached hydrogens (tertiary/aromatic N) is 3. The second-order valence-electron chi connectivity index (χ2n) is 5.39. The first-order valence-corrected chi connectivity index (χ1v) is 7.53. The molecule has 0 radical (unpaired) electrons. The minimum Gasteiger partial charge on any atom is -0.350 e. The Hall–Kier alpha value is -2.89. The second-order valence-corrected chi connectivity index (χ2v) is 5.39. The summed E-state index contributed by atoms with van der Waals surface area (Å²) in [5.74, 6) is 0.577. The number of H-pyrrole nitrogens is 1. The molecule has 0 aliphatic carbocycles. The number of amides is 1. The molecule has 0 aliphatic rings. The van der Waals surface area contributed by atoms with Gasteiger partial charge in [-0.15, -0.1) is 0 Å². The summed E-state index contributed by atoms with van der Waals surface area (Å²) < 4.78 is 1.90. The molecule has 3 aromatic rings. The summed E-state index contributed by atoms with van der Waals surface area (Å²) >= 11 is 0. The van der Waals surface area contributed by atoms with Crippen molar-refractivity contribution in [3.8, 4) is 11.4 Å². The number of imidazole rings is 1. The molecule has 6 heteroatoms. The fraction of sp³-hybridized carbons (Fsp3) is 0.235. The van der Waals surface area contributed by atoms with Gasteiger partial charge in [0, 0.05) is 30.2 Å². The summed E-state index contributed by atoms with van der Waals surface area (Å²) in [4.78, 5) is 19.7. The van der Waals surface area contributed by atoms with E-state index in [1.165, 1.54) is 0 Å². The average Bonchev–Trinajstić information content (AvgIpc) is 3.17. The normalized spacial score (nSPS) is 10.7. The highest BCUT2D eigenvalue weighted by molar-refractivity contribution is 6.00. The predicted octanol–water partition coefficient (Wildman–Crippen LogP) is 2.32. The van der Waals surface area contributed by atoms with Crippen LogP contribution in [0, 0.1) is 13.8 Å². The molecule has 1 aromatic carbocycles. The monoisotopic (exact) mass is 309 g/mol. The van der Waals surface area contributed by atoms with Crippen LogP contribution in [-0.4, -0.2) is 32.2 Å². The van der Waals surface area contributed by atoms with Crippen LogP contribution >= 0.6 is 0 Å². The smallest absolute Gasteiger partial charge is 0.252 e. The van der Waals surface area contributed by atoms with Gasteiger partial charge in [-0.3, -0.25) is 9.48 Å². The van der Waals surface area contributed by atoms with Gasteiger partial charge in [0.1, 0.15) is 5.82 Å². The molecular formula is C17H19N5O. The van der Waals surface area contributed by atoms with Crippen molar-refractivity contribution in [3.63, 3.8) is 0 Å². The van der Waals surface area contributed by atoms with Crippen LogP contribution in [0.3, 0.4) is 0 Å². The van der Waals surface area contributed by atoms with E-state index in [1.54, 1.807) is 18.5 Å². The van der Waals surface area contributed by atoms with Crippen molar-refractivity contribution in [2.45, 2.75) is 20.4 Å². The molecule has 23 heavy (non-hydrogen) atoms. The van der Waals surface area contributed by atoms with E-state index in [4.69, 9.17) is 0 Å². The standard InChI is InChI=1S/C17H19N5O/c1-12-11-13(2)22(21-12)10-9-20-17(23)15-6-4-3-5-14(15)16-18-7-8-19-16/h3-8,11H,9-10H2,1-2H3,(H,18,19)(H,20,23). The zero-order valence-electron chi connectivity index (χ0n) is 13.2. The third kappa shape index (κ3) is 3.31. The van der Waals surface area contributed by atoms with Crippen LogP contribution in [0.5, 0.6) is 0 Å². The molecule has 0 saturated heterocycles. The number of nitrogens with one attached hydrogen (secondary N) is 2. The Balaban J connectivity index is 1.68. The summed E-state index contributed by atoms with van der Waals surface area (Å²) in [6.45, 7) is 5.14. The van der Waals surface area contributed by atoms with E-state index >= 15 is 0 Å². The van der Waals surface area contributed by atoms with Crippen LogP contribution in [0.1, 0.15) is 21.7 Å². The van der Waals surface area contributed by atoms with E-state index in [2.05, 4.69) is 20.4 Å². The first kappa shape index (κ1) is 15.0. The maximum Gasteiger partial charge on any atom is 0.252 e. The van der Waals surface area contributed by atoms with E-state index in [-0.39, 0.29) is 5.91 Å². The van der Waals surface area contributed by atoms with Gasteiger partial charge in [-0.25, -0.2) is 4.98 Å². The minimum atomic E-state index is -0.112. The summed E-state index contributed by atoms with van der Waals surface area (Å²) in [6, 6.07) is 9.45. The Bertz CT molecular complexity index is 804. The molecule has 0 aliphatic heterocycles. The number of rotatable bonds is 5. The van der Waals surface area contributed by atoms with Gasteiger partial charge in [-0.1, -0.05) is 18.2 Å². The SMILES string of the molecule is Cc1cc(C)n(CCNC(=O)c2ccccc2-c2ncc[nH]2)n1. The van der Waals surface area contributed by atoms with E-state index in [9.17, 15) is 4.79 Å². The van der Waals surface area contributed by atoms with Crippen LogP contribution < -0.4 is 5.32 Å². The molecule has 0 bridgehead atoms. The maximum absolute atomic E-state index is 12.5. The highest BCUT2D eigenvalue weighted by atomic mass is 16.1. The molecule has 3 rings (SSSR count). The summed E-state index contributed by atoms with van der Waals surface area (Å²) in [7, 11) is 0. The summed E-state index contributed by atoms with van der Waals surface area (Å²) in [5.41, 5.74) is 3.47. The van der Waals surface area contributed by atoms with Gasteiger partial charge in [-0.05, 0) is 26.0 Å². The van der Waals surface area contributed by atoms with Gasteiger partial charge >= 0.3 is 0 Å². The zero-order chi connectivity index (χ0) is 16.2. The van der Waals surface area contributed by atoms with Crippen molar-refractivity contribution in [2.75, 3.05) is 6.54 Å². The quantitative estimate of drug-likeness (QED) is 0.759. The average molecular weight is 309 g/mol. The molecule has 6 nitrogen and oxygen atoms in total. The lowest BCUT2D eigenvalue weighted by Crippen LogP contribution is -2.28. The highest BCUT2D eigenvalue weighted by Gasteiger charge is 2.13. The lowest BCUT2D eigenvalue weighted by atomic mass is 10.1. The zero-order valence-corrected chi connectivity index (χ0v) is 13.2. The lowest BCUT2D eigenvalue weighted by molar-refractivity contribution is 0.0952.